The van der Waals surface area contributed by atoms with E-state index in [2.05, 4.69) is 0 Å². The molecule has 1 fully saturated rings. The molecule has 0 saturated heterocycles. The van der Waals surface area contributed by atoms with Crippen LogP contribution in [0.15, 0.2) is 0 Å². The second-order valence-corrected chi connectivity index (χ2v) is 5.71. The molecule has 0 aromatic rings. The van der Waals surface area contributed by atoms with Crippen molar-refractivity contribution < 1.29 is 48.3 Å². The normalized spacial score (nSPS) is 33.5. The van der Waals surface area contributed by atoms with Gasteiger partial charge >= 0.3 is 29.6 Å². The molecule has 1 saturated carbocycles. The number of rotatable bonds is 1. The fourth-order valence-corrected chi connectivity index (χ4v) is 3.06. The standard InChI is InChI=1S/C7H5F11Si/c1-19-7(18)5(14,15)3(10,11)2(8,9)4(12,13)6(7,16)17/h19H2,1H3. The van der Waals surface area contributed by atoms with Gasteiger partial charge in [0.25, 0.3) is 0 Å². The van der Waals surface area contributed by atoms with Gasteiger partial charge in [-0.25, -0.2) is 4.39 Å². The lowest BCUT2D eigenvalue weighted by atomic mass is 9.80. The highest BCUT2D eigenvalue weighted by Gasteiger charge is 3.00. The van der Waals surface area contributed by atoms with E-state index in [1.807, 2.05) is 0 Å². The summed E-state index contributed by atoms with van der Waals surface area (Å²) in [4.78, 5) is 0. The number of hydrogen-bond acceptors (Lipinski definition) is 0. The molecule has 0 aromatic heterocycles. The maximum atomic E-state index is 13.5. The summed E-state index contributed by atoms with van der Waals surface area (Å²) in [6.07, 6.45) is 0. The Morgan fingerprint density at radius 1 is 0.474 bits per heavy atom. The molecular weight excluding hydrogens is 321 g/mol. The highest BCUT2D eigenvalue weighted by molar-refractivity contribution is 6.39. The lowest BCUT2D eigenvalue weighted by molar-refractivity contribution is -0.471. The lowest BCUT2D eigenvalue weighted by Gasteiger charge is -2.52. The predicted molar refractivity (Wildman–Crippen MR) is 43.0 cm³/mol. The van der Waals surface area contributed by atoms with Crippen molar-refractivity contribution in [1.29, 1.82) is 0 Å². The average Bonchev–Trinajstić information content (AvgIpc) is 2.24. The van der Waals surface area contributed by atoms with Crippen molar-refractivity contribution in [3.05, 3.63) is 0 Å². The third kappa shape index (κ3) is 1.31. The van der Waals surface area contributed by atoms with Crippen molar-refractivity contribution in [3.8, 4) is 0 Å². The predicted octanol–water partition coefficient (Wildman–Crippen LogP) is 3.06. The number of halogens is 11. The van der Waals surface area contributed by atoms with Crippen LogP contribution in [0.3, 0.4) is 0 Å². The second-order valence-electron chi connectivity index (χ2n) is 4.03. The monoisotopic (exact) mass is 326 g/mol. The minimum atomic E-state index is -7.09. The zero-order valence-corrected chi connectivity index (χ0v) is 10.3. The molecule has 0 aromatic carbocycles. The Kier molecular flexibility index (Phi) is 3.09. The largest absolute Gasteiger partial charge is 0.384 e. The Morgan fingerprint density at radius 2 is 0.684 bits per heavy atom. The fourth-order valence-electron chi connectivity index (χ4n) is 1.73. The highest BCUT2D eigenvalue weighted by Crippen LogP contribution is 2.68. The minimum absolute atomic E-state index is 0.275. The molecule has 1 aliphatic rings. The number of hydrogen-bond donors (Lipinski definition) is 0. The molecular formula is C7H5F11Si. The fraction of sp³-hybridized carbons (Fsp3) is 1.00. The van der Waals surface area contributed by atoms with E-state index < -0.39 is 44.4 Å². The van der Waals surface area contributed by atoms with E-state index in [9.17, 15) is 48.3 Å². The van der Waals surface area contributed by atoms with Gasteiger partial charge in [-0.05, 0) is 0 Å². The first kappa shape index (κ1) is 16.5. The molecule has 114 valence electrons. The van der Waals surface area contributed by atoms with Crippen molar-refractivity contribution in [1.82, 2.24) is 0 Å². The van der Waals surface area contributed by atoms with Gasteiger partial charge in [-0.1, -0.05) is 6.55 Å². The van der Waals surface area contributed by atoms with Gasteiger partial charge in [-0.2, -0.15) is 43.9 Å². The second kappa shape index (κ2) is 3.55. The average molecular weight is 326 g/mol. The maximum Gasteiger partial charge on any atom is 0.384 e. The van der Waals surface area contributed by atoms with Crippen LogP contribution in [-0.4, -0.2) is 44.4 Å². The van der Waals surface area contributed by atoms with Crippen molar-refractivity contribution in [3.63, 3.8) is 0 Å². The van der Waals surface area contributed by atoms with Crippen LogP contribution in [0.1, 0.15) is 0 Å². The molecule has 0 nitrogen and oxygen atoms in total. The molecule has 1 aliphatic carbocycles. The van der Waals surface area contributed by atoms with E-state index >= 15 is 0 Å². The van der Waals surface area contributed by atoms with Crippen LogP contribution in [0, 0.1) is 0 Å². The molecule has 0 spiro atoms. The van der Waals surface area contributed by atoms with Crippen molar-refractivity contribution in [2.45, 2.75) is 41.5 Å². The molecule has 12 heteroatoms. The van der Waals surface area contributed by atoms with Crippen LogP contribution in [0.25, 0.3) is 0 Å². The minimum Gasteiger partial charge on any atom is -0.235 e. The summed E-state index contributed by atoms with van der Waals surface area (Å²) in [5.74, 6) is -34.2. The van der Waals surface area contributed by atoms with Gasteiger partial charge in [-0.15, -0.1) is 0 Å². The van der Waals surface area contributed by atoms with Gasteiger partial charge in [0, 0.05) is 0 Å². The smallest absolute Gasteiger partial charge is 0.235 e. The van der Waals surface area contributed by atoms with E-state index in [-0.39, 0.29) is 6.55 Å². The molecule has 0 amide bonds. The van der Waals surface area contributed by atoms with Gasteiger partial charge in [-0.3, -0.25) is 0 Å². The molecule has 0 atom stereocenters. The van der Waals surface area contributed by atoms with Gasteiger partial charge in [0.2, 0.25) is 5.29 Å². The Balaban J connectivity index is 3.76. The summed E-state index contributed by atoms with van der Waals surface area (Å²) in [6.45, 7) is 0.275. The van der Waals surface area contributed by atoms with Gasteiger partial charge in [0.05, 0.1) is 9.52 Å². The van der Waals surface area contributed by atoms with Crippen molar-refractivity contribution in [2.75, 3.05) is 0 Å². The van der Waals surface area contributed by atoms with Crippen LogP contribution >= 0.6 is 0 Å². The Labute approximate surface area is 100 Å². The lowest BCUT2D eigenvalue weighted by Crippen LogP contribution is -2.84. The van der Waals surface area contributed by atoms with Crippen LogP contribution in [0.5, 0.6) is 0 Å². The van der Waals surface area contributed by atoms with E-state index in [1.54, 1.807) is 0 Å². The van der Waals surface area contributed by atoms with Crippen LogP contribution < -0.4 is 0 Å². The summed E-state index contributed by atoms with van der Waals surface area (Å²) in [5.41, 5.74) is 0. The van der Waals surface area contributed by atoms with E-state index in [1.165, 1.54) is 0 Å². The van der Waals surface area contributed by atoms with Gasteiger partial charge in [0.15, 0.2) is 0 Å². The Morgan fingerprint density at radius 3 is 0.895 bits per heavy atom. The van der Waals surface area contributed by atoms with E-state index in [0.29, 0.717) is 0 Å². The van der Waals surface area contributed by atoms with Gasteiger partial charge in [0.1, 0.15) is 0 Å². The highest BCUT2D eigenvalue weighted by atomic mass is 28.2. The van der Waals surface area contributed by atoms with E-state index in [4.69, 9.17) is 0 Å². The summed E-state index contributed by atoms with van der Waals surface area (Å²) in [6, 6.07) is 0. The molecule has 0 heterocycles. The zero-order valence-electron chi connectivity index (χ0n) is 8.86. The molecule has 0 radical (unpaired) electrons. The maximum absolute atomic E-state index is 13.5. The van der Waals surface area contributed by atoms with Crippen LogP contribution in [0.4, 0.5) is 48.3 Å². The molecule has 0 bridgehead atoms. The number of alkyl halides is 11. The summed E-state index contributed by atoms with van der Waals surface area (Å²) < 4.78 is 142. The molecule has 0 N–H and O–H groups in total. The summed E-state index contributed by atoms with van der Waals surface area (Å²) >= 11 is 0. The molecule has 0 unspecified atom stereocenters. The Hall–Kier alpha value is -0.553. The van der Waals surface area contributed by atoms with E-state index in [0.717, 1.165) is 0 Å². The quantitative estimate of drug-likeness (QED) is 0.513. The molecule has 1 rings (SSSR count). The van der Waals surface area contributed by atoms with Crippen LogP contribution in [0.2, 0.25) is 6.55 Å². The first-order chi connectivity index (χ1) is 8.06. The first-order valence-electron chi connectivity index (χ1n) is 4.64. The third-order valence-electron chi connectivity index (χ3n) is 3.06. The first-order valence-corrected chi connectivity index (χ1v) is 6.76. The van der Waals surface area contributed by atoms with Crippen molar-refractivity contribution >= 4 is 9.52 Å². The third-order valence-corrected chi connectivity index (χ3v) is 4.92. The summed E-state index contributed by atoms with van der Waals surface area (Å²) in [7, 11) is -3.58. The molecule has 19 heavy (non-hydrogen) atoms. The van der Waals surface area contributed by atoms with Crippen molar-refractivity contribution in [2.24, 2.45) is 0 Å². The topological polar surface area (TPSA) is 0 Å². The van der Waals surface area contributed by atoms with Gasteiger partial charge < -0.3 is 0 Å². The SMILES string of the molecule is C[SiH2]C1(F)C(F)(F)C(F)(F)C(F)(F)C(F)(F)C1(F)F. The Bertz CT molecular complexity index is 357. The molecule has 0 aliphatic heterocycles. The van der Waals surface area contributed by atoms with Crippen LogP contribution in [-0.2, 0) is 0 Å². The zero-order chi connectivity index (χ0) is 15.7. The summed E-state index contributed by atoms with van der Waals surface area (Å²) in [5, 5.41) is -5.67.